The average molecular weight is 447 g/mol. The molecule has 5 nitrogen and oxygen atoms in total. The van der Waals surface area contributed by atoms with Gasteiger partial charge in [0.15, 0.2) is 0 Å². The van der Waals surface area contributed by atoms with Crippen LogP contribution in [0.1, 0.15) is 17.5 Å². The zero-order valence-corrected chi connectivity index (χ0v) is 15.9. The van der Waals surface area contributed by atoms with E-state index in [1.54, 1.807) is 11.1 Å². The molecule has 2 aromatic rings. The van der Waals surface area contributed by atoms with Crippen LogP contribution in [0.25, 0.3) is 0 Å². The predicted molar refractivity (Wildman–Crippen MR) is 107 cm³/mol. The maximum absolute atomic E-state index is 12.3. The smallest absolute Gasteiger partial charge is 0.245 e. The van der Waals surface area contributed by atoms with Crippen LogP contribution in [0.5, 0.6) is 0 Å². The van der Waals surface area contributed by atoms with E-state index in [0.717, 1.165) is 20.4 Å². The number of halogens is 1. The van der Waals surface area contributed by atoms with E-state index in [-0.39, 0.29) is 24.2 Å². The van der Waals surface area contributed by atoms with Crippen molar-refractivity contribution in [3.8, 4) is 0 Å². The second-order valence-corrected chi connectivity index (χ2v) is 7.27. The highest BCUT2D eigenvalue weighted by atomic mass is 127. The summed E-state index contributed by atoms with van der Waals surface area (Å²) in [5.41, 5.74) is 5.41. The molecule has 0 aliphatic carbocycles. The van der Waals surface area contributed by atoms with E-state index in [1.807, 2.05) is 55.5 Å². The average Bonchev–Trinajstić information content (AvgIpc) is 2.99. The molecule has 0 bridgehead atoms. The Bertz CT molecular complexity index is 800. The van der Waals surface area contributed by atoms with Gasteiger partial charge >= 0.3 is 0 Å². The third kappa shape index (κ3) is 4.45. The Labute approximate surface area is 160 Å². The maximum Gasteiger partial charge on any atom is 0.245 e. The number of nitrogens with zero attached hydrogens (tertiary/aromatic N) is 2. The Morgan fingerprint density at radius 1 is 1.20 bits per heavy atom. The highest BCUT2D eigenvalue weighted by Gasteiger charge is 2.35. The van der Waals surface area contributed by atoms with E-state index >= 15 is 0 Å². The van der Waals surface area contributed by atoms with Crippen molar-refractivity contribution in [1.29, 1.82) is 0 Å². The van der Waals surface area contributed by atoms with Gasteiger partial charge in [-0.15, -0.1) is 0 Å². The molecule has 0 saturated carbocycles. The standard InChI is InChI=1S/C19H18IN3O2/c1-13-2-8-17(9-3-13)23-12-15(10-18(23)24)19(25)22-21-11-14-4-6-16(20)7-5-14/h2-9,11,15H,10,12H2,1H3,(H,22,25). The number of nitrogens with one attached hydrogen (secondary N) is 1. The van der Waals surface area contributed by atoms with Gasteiger partial charge in [0.1, 0.15) is 0 Å². The number of carbonyl (C=O) groups is 2. The van der Waals surface area contributed by atoms with Crippen LogP contribution in [-0.4, -0.2) is 24.6 Å². The van der Waals surface area contributed by atoms with E-state index in [0.29, 0.717) is 6.54 Å². The molecule has 0 radical (unpaired) electrons. The number of carbonyl (C=O) groups excluding carboxylic acids is 2. The monoisotopic (exact) mass is 447 g/mol. The molecule has 1 saturated heterocycles. The largest absolute Gasteiger partial charge is 0.312 e. The summed E-state index contributed by atoms with van der Waals surface area (Å²) >= 11 is 2.23. The molecule has 2 amide bonds. The van der Waals surface area contributed by atoms with Crippen molar-refractivity contribution in [1.82, 2.24) is 5.43 Å². The third-order valence-electron chi connectivity index (χ3n) is 4.10. The molecule has 0 aromatic heterocycles. The maximum atomic E-state index is 12.3. The number of anilines is 1. The Balaban J connectivity index is 1.59. The minimum atomic E-state index is -0.386. The van der Waals surface area contributed by atoms with E-state index < -0.39 is 0 Å². The normalized spacial score (nSPS) is 17.3. The van der Waals surface area contributed by atoms with Gasteiger partial charge in [0.2, 0.25) is 11.8 Å². The van der Waals surface area contributed by atoms with Crippen molar-refractivity contribution in [3.05, 3.63) is 63.2 Å². The van der Waals surface area contributed by atoms with Crippen LogP contribution in [0.3, 0.4) is 0 Å². The number of benzene rings is 2. The lowest BCUT2D eigenvalue weighted by Gasteiger charge is -2.16. The van der Waals surface area contributed by atoms with Gasteiger partial charge in [-0.05, 0) is 59.3 Å². The van der Waals surface area contributed by atoms with E-state index in [9.17, 15) is 9.59 Å². The number of hydrogen-bond donors (Lipinski definition) is 1. The lowest BCUT2D eigenvalue weighted by molar-refractivity contribution is -0.126. The fourth-order valence-corrected chi connectivity index (χ4v) is 3.03. The first-order chi connectivity index (χ1) is 12.0. The lowest BCUT2D eigenvalue weighted by atomic mass is 10.1. The third-order valence-corrected chi connectivity index (χ3v) is 4.82. The molecular weight excluding hydrogens is 429 g/mol. The van der Waals surface area contributed by atoms with Gasteiger partial charge in [-0.1, -0.05) is 29.8 Å². The molecule has 1 unspecified atom stereocenters. The lowest BCUT2D eigenvalue weighted by Crippen LogP contribution is -2.30. The summed E-state index contributed by atoms with van der Waals surface area (Å²) in [5, 5.41) is 3.99. The second kappa shape index (κ2) is 7.77. The van der Waals surface area contributed by atoms with Gasteiger partial charge in [-0.3, -0.25) is 9.59 Å². The molecule has 3 rings (SSSR count). The Kier molecular flexibility index (Phi) is 5.47. The molecule has 1 aliphatic heterocycles. The van der Waals surface area contributed by atoms with Crippen molar-refractivity contribution < 1.29 is 9.59 Å². The molecule has 6 heteroatoms. The van der Waals surface area contributed by atoms with Gasteiger partial charge < -0.3 is 4.90 Å². The van der Waals surface area contributed by atoms with Crippen molar-refractivity contribution in [2.75, 3.05) is 11.4 Å². The fraction of sp³-hybridized carbons (Fsp3) is 0.211. The summed E-state index contributed by atoms with van der Waals surface area (Å²) in [6.45, 7) is 2.38. The Hall–Kier alpha value is -2.22. The molecule has 1 aliphatic rings. The molecule has 1 atom stereocenters. The highest BCUT2D eigenvalue weighted by Crippen LogP contribution is 2.25. The van der Waals surface area contributed by atoms with Gasteiger partial charge in [-0.25, -0.2) is 5.43 Å². The van der Waals surface area contributed by atoms with Crippen molar-refractivity contribution >= 4 is 46.3 Å². The van der Waals surface area contributed by atoms with Crippen LogP contribution in [0.4, 0.5) is 5.69 Å². The Morgan fingerprint density at radius 2 is 1.88 bits per heavy atom. The SMILES string of the molecule is Cc1ccc(N2CC(C(=O)NN=Cc3ccc(I)cc3)CC2=O)cc1. The van der Waals surface area contributed by atoms with Crippen LogP contribution in [0, 0.1) is 16.4 Å². The van der Waals surface area contributed by atoms with Crippen LogP contribution in [0.15, 0.2) is 53.6 Å². The van der Waals surface area contributed by atoms with Crippen molar-refractivity contribution in [2.45, 2.75) is 13.3 Å². The number of hydrogen-bond acceptors (Lipinski definition) is 3. The van der Waals surface area contributed by atoms with Gasteiger partial charge in [0, 0.05) is 22.2 Å². The van der Waals surface area contributed by atoms with Crippen molar-refractivity contribution in [2.24, 2.45) is 11.0 Å². The van der Waals surface area contributed by atoms with Crippen molar-refractivity contribution in [3.63, 3.8) is 0 Å². The number of rotatable bonds is 4. The highest BCUT2D eigenvalue weighted by molar-refractivity contribution is 14.1. The molecule has 128 valence electrons. The fourth-order valence-electron chi connectivity index (χ4n) is 2.67. The van der Waals surface area contributed by atoms with Gasteiger partial charge in [-0.2, -0.15) is 5.10 Å². The summed E-state index contributed by atoms with van der Waals surface area (Å²) in [7, 11) is 0. The Morgan fingerprint density at radius 3 is 2.56 bits per heavy atom. The first kappa shape index (κ1) is 17.6. The predicted octanol–water partition coefficient (Wildman–Crippen LogP) is 3.10. The zero-order chi connectivity index (χ0) is 17.8. The summed E-state index contributed by atoms with van der Waals surface area (Å²) in [4.78, 5) is 26.1. The van der Waals surface area contributed by atoms with Crippen LogP contribution in [-0.2, 0) is 9.59 Å². The first-order valence-corrected chi connectivity index (χ1v) is 9.06. The molecule has 1 fully saturated rings. The zero-order valence-electron chi connectivity index (χ0n) is 13.8. The minimum Gasteiger partial charge on any atom is -0.312 e. The van der Waals surface area contributed by atoms with Crippen LogP contribution < -0.4 is 10.3 Å². The van der Waals surface area contributed by atoms with Gasteiger partial charge in [0.25, 0.3) is 0 Å². The number of hydrazone groups is 1. The quantitative estimate of drug-likeness (QED) is 0.445. The van der Waals surface area contributed by atoms with E-state index in [1.165, 1.54) is 0 Å². The molecular formula is C19H18IN3O2. The summed E-state index contributed by atoms with van der Waals surface area (Å²) in [5.74, 6) is -0.655. The van der Waals surface area contributed by atoms with Gasteiger partial charge in [0.05, 0.1) is 12.1 Å². The molecule has 1 N–H and O–H groups in total. The summed E-state index contributed by atoms with van der Waals surface area (Å²) in [6.07, 6.45) is 1.81. The second-order valence-electron chi connectivity index (χ2n) is 6.03. The molecule has 2 aromatic carbocycles. The topological polar surface area (TPSA) is 61.8 Å². The molecule has 1 heterocycles. The van der Waals surface area contributed by atoms with Crippen LogP contribution in [0.2, 0.25) is 0 Å². The first-order valence-electron chi connectivity index (χ1n) is 7.98. The van der Waals surface area contributed by atoms with E-state index in [2.05, 4.69) is 33.1 Å². The summed E-state index contributed by atoms with van der Waals surface area (Å²) < 4.78 is 1.14. The van der Waals surface area contributed by atoms with Crippen LogP contribution >= 0.6 is 22.6 Å². The molecule has 0 spiro atoms. The minimum absolute atomic E-state index is 0.0365. The van der Waals surface area contributed by atoms with E-state index in [4.69, 9.17) is 0 Å². The summed E-state index contributed by atoms with van der Waals surface area (Å²) in [6, 6.07) is 15.5. The number of amides is 2. The number of aryl methyl sites for hydroxylation is 1. The molecule has 25 heavy (non-hydrogen) atoms.